The summed E-state index contributed by atoms with van der Waals surface area (Å²) < 4.78 is 11.1. The minimum atomic E-state index is -0.311. The van der Waals surface area contributed by atoms with Crippen LogP contribution in [0.3, 0.4) is 0 Å². The van der Waals surface area contributed by atoms with Crippen LogP contribution in [-0.4, -0.2) is 37.3 Å². The van der Waals surface area contributed by atoms with Gasteiger partial charge in [0.2, 0.25) is 5.91 Å². The van der Waals surface area contributed by atoms with Crippen LogP contribution in [0.25, 0.3) is 0 Å². The van der Waals surface area contributed by atoms with E-state index in [2.05, 4.69) is 10.6 Å². The molecule has 1 aliphatic rings. The number of benzene rings is 1. The van der Waals surface area contributed by atoms with Crippen molar-refractivity contribution >= 4 is 11.6 Å². The van der Waals surface area contributed by atoms with E-state index >= 15 is 0 Å². The van der Waals surface area contributed by atoms with Crippen molar-refractivity contribution in [1.82, 2.24) is 5.32 Å². The number of hydrogen-bond acceptors (Lipinski definition) is 4. The highest BCUT2D eigenvalue weighted by Crippen LogP contribution is 2.14. The van der Waals surface area contributed by atoms with Crippen molar-refractivity contribution in [2.24, 2.45) is 0 Å². The Kier molecular flexibility index (Phi) is 5.73. The third kappa shape index (κ3) is 4.81. The Hall–Kier alpha value is -1.43. The van der Waals surface area contributed by atoms with E-state index in [9.17, 15) is 4.79 Å². The third-order valence-corrected chi connectivity index (χ3v) is 3.38. The molecule has 0 aromatic heterocycles. The lowest BCUT2D eigenvalue weighted by Gasteiger charge is -2.29. The summed E-state index contributed by atoms with van der Waals surface area (Å²) in [5, 5.41) is 6.11. The smallest absolute Gasteiger partial charge is 0.244 e. The number of nitrogens with one attached hydrogen (secondary N) is 2. The standard InChI is InChI=1S/C16H24N2O3/c1-11(2)21-10-13-5-4-6-14(9-13)18-16(19)15-12(3)20-8-7-17-15/h4-6,9,11-12,15,17H,7-8,10H2,1-3H3,(H,18,19)/t12-,15+/m1/s1. The highest BCUT2D eigenvalue weighted by molar-refractivity contribution is 5.95. The number of morpholine rings is 1. The average Bonchev–Trinajstić information content (AvgIpc) is 2.46. The van der Waals surface area contributed by atoms with Crippen LogP contribution < -0.4 is 10.6 Å². The Morgan fingerprint density at radius 1 is 1.52 bits per heavy atom. The van der Waals surface area contributed by atoms with Gasteiger partial charge in [0.1, 0.15) is 6.04 Å². The van der Waals surface area contributed by atoms with E-state index in [0.29, 0.717) is 19.8 Å². The number of amides is 1. The van der Waals surface area contributed by atoms with Crippen molar-refractivity contribution in [3.63, 3.8) is 0 Å². The molecule has 0 saturated carbocycles. The largest absolute Gasteiger partial charge is 0.375 e. The molecular formula is C16H24N2O3. The van der Waals surface area contributed by atoms with Crippen LogP contribution in [0.15, 0.2) is 24.3 Å². The van der Waals surface area contributed by atoms with Crippen molar-refractivity contribution in [1.29, 1.82) is 0 Å². The molecule has 0 aliphatic carbocycles. The molecule has 0 bridgehead atoms. The van der Waals surface area contributed by atoms with Crippen molar-refractivity contribution in [3.8, 4) is 0 Å². The van der Waals surface area contributed by atoms with Gasteiger partial charge in [0, 0.05) is 12.2 Å². The summed E-state index contributed by atoms with van der Waals surface area (Å²) >= 11 is 0. The van der Waals surface area contributed by atoms with Crippen molar-refractivity contribution in [3.05, 3.63) is 29.8 Å². The second-order valence-corrected chi connectivity index (χ2v) is 5.56. The third-order valence-electron chi connectivity index (χ3n) is 3.38. The van der Waals surface area contributed by atoms with Gasteiger partial charge in [-0.25, -0.2) is 0 Å². The topological polar surface area (TPSA) is 59.6 Å². The first-order chi connectivity index (χ1) is 10.1. The van der Waals surface area contributed by atoms with E-state index in [0.717, 1.165) is 11.3 Å². The highest BCUT2D eigenvalue weighted by Gasteiger charge is 2.28. The van der Waals surface area contributed by atoms with Gasteiger partial charge in [-0.2, -0.15) is 0 Å². The Labute approximate surface area is 126 Å². The lowest BCUT2D eigenvalue weighted by atomic mass is 10.1. The molecule has 1 amide bonds. The minimum Gasteiger partial charge on any atom is -0.375 e. The maximum Gasteiger partial charge on any atom is 0.244 e. The summed E-state index contributed by atoms with van der Waals surface area (Å²) in [6.45, 7) is 7.80. The molecule has 1 heterocycles. The normalized spacial score (nSPS) is 22.3. The monoisotopic (exact) mass is 292 g/mol. The fourth-order valence-electron chi connectivity index (χ4n) is 2.25. The molecule has 21 heavy (non-hydrogen) atoms. The lowest BCUT2D eigenvalue weighted by molar-refractivity contribution is -0.123. The van der Waals surface area contributed by atoms with Crippen LogP contribution in [0.4, 0.5) is 5.69 Å². The second kappa shape index (κ2) is 7.54. The van der Waals surface area contributed by atoms with Crippen LogP contribution in [0, 0.1) is 0 Å². The van der Waals surface area contributed by atoms with Crippen LogP contribution in [0.1, 0.15) is 26.3 Å². The van der Waals surface area contributed by atoms with Crippen molar-refractivity contribution in [2.75, 3.05) is 18.5 Å². The molecule has 1 fully saturated rings. The molecule has 1 aromatic rings. The van der Waals surface area contributed by atoms with E-state index in [1.807, 2.05) is 45.0 Å². The molecule has 1 aliphatic heterocycles. The molecule has 1 aromatic carbocycles. The van der Waals surface area contributed by atoms with E-state index in [1.165, 1.54) is 0 Å². The number of hydrogen-bond donors (Lipinski definition) is 2. The van der Waals surface area contributed by atoms with Gasteiger partial charge in [0.05, 0.1) is 25.4 Å². The van der Waals surface area contributed by atoms with Crippen LogP contribution in [0.5, 0.6) is 0 Å². The highest BCUT2D eigenvalue weighted by atomic mass is 16.5. The Balaban J connectivity index is 1.95. The van der Waals surface area contributed by atoms with Crippen LogP contribution in [0.2, 0.25) is 0 Å². The summed E-state index contributed by atoms with van der Waals surface area (Å²) in [6.07, 6.45) is 0.0684. The SMILES string of the molecule is CC(C)OCc1cccc(NC(=O)[C@H]2NCCO[C@@H]2C)c1. The molecule has 1 saturated heterocycles. The van der Waals surface area contributed by atoms with Gasteiger partial charge in [-0.05, 0) is 38.5 Å². The summed E-state index contributed by atoms with van der Waals surface area (Å²) in [5.74, 6) is -0.0656. The van der Waals surface area contributed by atoms with Crippen LogP contribution >= 0.6 is 0 Å². The fourth-order valence-corrected chi connectivity index (χ4v) is 2.25. The van der Waals surface area contributed by atoms with E-state index in [-0.39, 0.29) is 24.2 Å². The minimum absolute atomic E-state index is 0.0656. The van der Waals surface area contributed by atoms with Gasteiger partial charge >= 0.3 is 0 Å². The van der Waals surface area contributed by atoms with E-state index < -0.39 is 0 Å². The number of anilines is 1. The second-order valence-electron chi connectivity index (χ2n) is 5.56. The zero-order valence-corrected chi connectivity index (χ0v) is 12.9. The van der Waals surface area contributed by atoms with Gasteiger partial charge in [0.25, 0.3) is 0 Å². The first-order valence-corrected chi connectivity index (χ1v) is 7.42. The number of carbonyl (C=O) groups excluding carboxylic acids is 1. The lowest BCUT2D eigenvalue weighted by Crippen LogP contribution is -2.53. The summed E-state index contributed by atoms with van der Waals surface area (Å²) in [5.41, 5.74) is 1.83. The molecule has 2 N–H and O–H groups in total. The predicted molar refractivity (Wildman–Crippen MR) is 82.2 cm³/mol. The maximum absolute atomic E-state index is 12.3. The fraction of sp³-hybridized carbons (Fsp3) is 0.562. The van der Waals surface area contributed by atoms with Gasteiger partial charge in [-0.1, -0.05) is 12.1 Å². The molecule has 2 rings (SSSR count). The zero-order valence-electron chi connectivity index (χ0n) is 12.9. The van der Waals surface area contributed by atoms with Crippen molar-refractivity contribution < 1.29 is 14.3 Å². The molecule has 0 spiro atoms. The van der Waals surface area contributed by atoms with Crippen LogP contribution in [-0.2, 0) is 20.9 Å². The van der Waals surface area contributed by atoms with E-state index in [1.54, 1.807) is 0 Å². The Morgan fingerprint density at radius 2 is 2.33 bits per heavy atom. The van der Waals surface area contributed by atoms with Gasteiger partial charge in [-0.15, -0.1) is 0 Å². The quantitative estimate of drug-likeness (QED) is 0.870. The zero-order chi connectivity index (χ0) is 15.2. The summed E-state index contributed by atoms with van der Waals surface area (Å²) in [6, 6.07) is 7.42. The van der Waals surface area contributed by atoms with Gasteiger partial charge in [0.15, 0.2) is 0 Å². The van der Waals surface area contributed by atoms with Crippen molar-refractivity contribution in [2.45, 2.75) is 45.6 Å². The van der Waals surface area contributed by atoms with Gasteiger partial charge < -0.3 is 20.1 Å². The van der Waals surface area contributed by atoms with Gasteiger partial charge in [-0.3, -0.25) is 4.79 Å². The summed E-state index contributed by atoms with van der Waals surface area (Å²) in [4.78, 5) is 12.3. The number of rotatable bonds is 5. The maximum atomic E-state index is 12.3. The molecule has 0 radical (unpaired) electrons. The Morgan fingerprint density at radius 3 is 3.05 bits per heavy atom. The first kappa shape index (κ1) is 15.9. The predicted octanol–water partition coefficient (Wildman–Crippen LogP) is 1.93. The summed E-state index contributed by atoms with van der Waals surface area (Å²) in [7, 11) is 0. The average molecular weight is 292 g/mol. The molecule has 116 valence electrons. The molecule has 2 atom stereocenters. The number of carbonyl (C=O) groups is 1. The molecule has 5 nitrogen and oxygen atoms in total. The van der Waals surface area contributed by atoms with E-state index in [4.69, 9.17) is 9.47 Å². The Bertz CT molecular complexity index is 476. The number of ether oxygens (including phenoxy) is 2. The molecule has 5 heteroatoms. The first-order valence-electron chi connectivity index (χ1n) is 7.42. The molecular weight excluding hydrogens is 268 g/mol. The molecule has 0 unspecified atom stereocenters.